The van der Waals surface area contributed by atoms with Crippen molar-refractivity contribution in [3.05, 3.63) is 11.7 Å². The van der Waals surface area contributed by atoms with Crippen molar-refractivity contribution in [2.45, 2.75) is 79.5 Å². The molecule has 1 saturated heterocycles. The lowest BCUT2D eigenvalue weighted by Gasteiger charge is -2.35. The maximum Gasteiger partial charge on any atom is 0.414 e. The first-order valence-corrected chi connectivity index (χ1v) is 8.61. The van der Waals surface area contributed by atoms with E-state index in [2.05, 4.69) is 33.9 Å². The standard InChI is InChI=1S/C18H32BNO2/c1-16(2,3)22-15(21)20-10-8-9-14(11-20)19-12-17(4,5)18(6,7)13-19/h11H,8-10,12-13H2,1-7H3. The van der Waals surface area contributed by atoms with Crippen molar-refractivity contribution in [3.8, 4) is 0 Å². The summed E-state index contributed by atoms with van der Waals surface area (Å²) in [5.74, 6) is 0. The molecule has 3 nitrogen and oxygen atoms in total. The minimum atomic E-state index is -0.431. The van der Waals surface area contributed by atoms with E-state index >= 15 is 0 Å². The second-order valence-electron chi connectivity index (χ2n) is 9.35. The second kappa shape index (κ2) is 5.61. The predicted octanol–water partition coefficient (Wildman–Crippen LogP) is 5.00. The molecular weight excluding hydrogens is 273 g/mol. The van der Waals surface area contributed by atoms with E-state index in [1.165, 1.54) is 18.1 Å². The van der Waals surface area contributed by atoms with E-state index in [1.54, 1.807) is 4.90 Å². The highest BCUT2D eigenvalue weighted by Gasteiger charge is 2.48. The van der Waals surface area contributed by atoms with E-state index in [0.29, 0.717) is 17.5 Å². The highest BCUT2D eigenvalue weighted by atomic mass is 16.6. The van der Waals surface area contributed by atoms with Gasteiger partial charge in [-0.15, -0.1) is 0 Å². The molecule has 0 unspecified atom stereocenters. The third-order valence-electron chi connectivity index (χ3n) is 5.68. The summed E-state index contributed by atoms with van der Waals surface area (Å²) >= 11 is 0. The van der Waals surface area contributed by atoms with Gasteiger partial charge in [0, 0.05) is 12.7 Å². The maximum atomic E-state index is 12.3. The highest BCUT2D eigenvalue weighted by molar-refractivity contribution is 6.68. The van der Waals surface area contributed by atoms with Crippen molar-refractivity contribution in [1.29, 1.82) is 0 Å². The molecule has 0 bridgehead atoms. The van der Waals surface area contributed by atoms with E-state index in [9.17, 15) is 4.79 Å². The smallest absolute Gasteiger partial charge is 0.414 e. The minimum Gasteiger partial charge on any atom is -0.443 e. The van der Waals surface area contributed by atoms with Gasteiger partial charge < -0.3 is 4.74 Å². The van der Waals surface area contributed by atoms with Gasteiger partial charge in [0.15, 0.2) is 6.71 Å². The first-order chi connectivity index (χ1) is 9.91. The average molecular weight is 305 g/mol. The van der Waals surface area contributed by atoms with Crippen LogP contribution in [0.1, 0.15) is 61.3 Å². The Morgan fingerprint density at radius 2 is 1.73 bits per heavy atom. The number of hydrogen-bond acceptors (Lipinski definition) is 2. The summed E-state index contributed by atoms with van der Waals surface area (Å²) in [4.78, 5) is 14.1. The van der Waals surface area contributed by atoms with Gasteiger partial charge in [0.1, 0.15) is 5.60 Å². The Morgan fingerprint density at radius 3 is 2.23 bits per heavy atom. The van der Waals surface area contributed by atoms with Crippen LogP contribution >= 0.6 is 0 Å². The third kappa shape index (κ3) is 3.69. The molecule has 0 aromatic carbocycles. The zero-order chi connectivity index (χ0) is 16.8. The number of nitrogens with zero attached hydrogens (tertiary/aromatic N) is 1. The monoisotopic (exact) mass is 305 g/mol. The number of allylic oxidation sites excluding steroid dienone is 1. The molecule has 1 amide bonds. The largest absolute Gasteiger partial charge is 0.443 e. The van der Waals surface area contributed by atoms with Crippen LogP contribution in [0.4, 0.5) is 4.79 Å². The highest BCUT2D eigenvalue weighted by Crippen LogP contribution is 2.54. The van der Waals surface area contributed by atoms with E-state index < -0.39 is 5.60 Å². The molecule has 0 atom stereocenters. The molecule has 0 aliphatic carbocycles. The molecule has 0 N–H and O–H groups in total. The molecular formula is C18H32BNO2. The van der Waals surface area contributed by atoms with Crippen LogP contribution in [-0.4, -0.2) is 29.9 Å². The number of hydrogen-bond donors (Lipinski definition) is 0. The Morgan fingerprint density at radius 1 is 1.18 bits per heavy atom. The summed E-state index contributed by atoms with van der Waals surface area (Å²) in [5.41, 5.74) is 1.72. The van der Waals surface area contributed by atoms with Gasteiger partial charge in [0.2, 0.25) is 0 Å². The molecule has 124 valence electrons. The third-order valence-corrected chi connectivity index (χ3v) is 5.68. The van der Waals surface area contributed by atoms with Crippen LogP contribution in [0.5, 0.6) is 0 Å². The molecule has 2 rings (SSSR count). The average Bonchev–Trinajstić information content (AvgIpc) is 2.57. The molecule has 4 heteroatoms. The fourth-order valence-corrected chi connectivity index (χ4v) is 3.68. The van der Waals surface area contributed by atoms with Crippen LogP contribution in [0.3, 0.4) is 0 Å². The lowest BCUT2D eigenvalue weighted by molar-refractivity contribution is 0.0326. The predicted molar refractivity (Wildman–Crippen MR) is 93.2 cm³/mol. The van der Waals surface area contributed by atoms with Crippen LogP contribution in [-0.2, 0) is 4.74 Å². The molecule has 22 heavy (non-hydrogen) atoms. The van der Waals surface area contributed by atoms with Crippen molar-refractivity contribution < 1.29 is 9.53 Å². The summed E-state index contributed by atoms with van der Waals surface area (Å²) < 4.78 is 5.51. The summed E-state index contributed by atoms with van der Waals surface area (Å²) in [6.07, 6.45) is 6.47. The SMILES string of the molecule is CC(C)(C)OC(=O)N1C=C(B2CC(C)(C)C(C)(C)C2)CCC1. The molecule has 1 fully saturated rings. The van der Waals surface area contributed by atoms with Gasteiger partial charge in [-0.1, -0.05) is 45.8 Å². The Bertz CT molecular complexity index is 458. The Labute approximate surface area is 136 Å². The van der Waals surface area contributed by atoms with Crippen LogP contribution in [0, 0.1) is 10.8 Å². The van der Waals surface area contributed by atoms with Gasteiger partial charge in [0.05, 0.1) is 0 Å². The Hall–Kier alpha value is -0.925. The molecule has 2 aliphatic heterocycles. The first-order valence-electron chi connectivity index (χ1n) is 8.61. The van der Waals surface area contributed by atoms with Crippen LogP contribution in [0.15, 0.2) is 11.7 Å². The normalized spacial score (nSPS) is 24.2. The summed E-state index contributed by atoms with van der Waals surface area (Å²) in [7, 11) is 0. The molecule has 2 aliphatic rings. The molecule has 0 spiro atoms. The summed E-state index contributed by atoms with van der Waals surface area (Å²) in [6, 6.07) is 0. The van der Waals surface area contributed by atoms with Crippen molar-refractivity contribution in [1.82, 2.24) is 4.90 Å². The zero-order valence-electron chi connectivity index (χ0n) is 15.5. The first kappa shape index (κ1) is 17.4. The lowest BCUT2D eigenvalue weighted by Crippen LogP contribution is -2.37. The van der Waals surface area contributed by atoms with E-state index in [-0.39, 0.29) is 6.09 Å². The maximum absolute atomic E-state index is 12.3. The quantitative estimate of drug-likeness (QED) is 0.638. The van der Waals surface area contributed by atoms with E-state index in [0.717, 1.165) is 19.4 Å². The van der Waals surface area contributed by atoms with Crippen molar-refractivity contribution in [2.75, 3.05) is 6.54 Å². The summed E-state index contributed by atoms with van der Waals surface area (Å²) in [5, 5.41) is 0. The van der Waals surface area contributed by atoms with Crippen molar-refractivity contribution >= 4 is 12.8 Å². The van der Waals surface area contributed by atoms with Gasteiger partial charge in [-0.25, -0.2) is 4.79 Å². The topological polar surface area (TPSA) is 29.5 Å². The Kier molecular flexibility index (Phi) is 4.45. The Balaban J connectivity index is 2.11. The van der Waals surface area contributed by atoms with Crippen LogP contribution in [0.2, 0.25) is 12.6 Å². The number of ether oxygens (including phenoxy) is 1. The van der Waals surface area contributed by atoms with Gasteiger partial charge in [-0.2, -0.15) is 0 Å². The van der Waals surface area contributed by atoms with E-state index in [4.69, 9.17) is 4.74 Å². The second-order valence-corrected chi connectivity index (χ2v) is 9.35. The van der Waals surface area contributed by atoms with Crippen LogP contribution in [0.25, 0.3) is 0 Å². The molecule has 0 aromatic rings. The molecule has 0 aromatic heterocycles. The van der Waals surface area contributed by atoms with Gasteiger partial charge >= 0.3 is 6.09 Å². The van der Waals surface area contributed by atoms with Gasteiger partial charge in [0.25, 0.3) is 0 Å². The molecule has 2 heterocycles. The number of rotatable bonds is 1. The number of carbonyl (C=O) groups excluding carboxylic acids is 1. The van der Waals surface area contributed by atoms with Gasteiger partial charge in [-0.3, -0.25) is 4.90 Å². The van der Waals surface area contributed by atoms with Gasteiger partial charge in [-0.05, 0) is 44.4 Å². The van der Waals surface area contributed by atoms with Crippen molar-refractivity contribution in [2.24, 2.45) is 10.8 Å². The zero-order valence-corrected chi connectivity index (χ0v) is 15.5. The number of amides is 1. The number of carbonyl (C=O) groups is 1. The van der Waals surface area contributed by atoms with Crippen molar-refractivity contribution in [3.63, 3.8) is 0 Å². The lowest BCUT2D eigenvalue weighted by atomic mass is 9.40. The minimum absolute atomic E-state index is 0.207. The molecule has 0 saturated carbocycles. The van der Waals surface area contributed by atoms with Crippen LogP contribution < -0.4 is 0 Å². The fraction of sp³-hybridized carbons (Fsp3) is 0.833. The van der Waals surface area contributed by atoms with E-state index in [1.807, 2.05) is 20.8 Å². The summed E-state index contributed by atoms with van der Waals surface area (Å²) in [6.45, 7) is 16.6. The molecule has 0 radical (unpaired) electrons. The fourth-order valence-electron chi connectivity index (χ4n) is 3.68.